The number of hydrogen-bond donors (Lipinski definition) is 2. The van der Waals surface area contributed by atoms with Crippen LogP contribution in [0.15, 0.2) is 35.5 Å². The molecule has 0 fully saturated rings. The average molecular weight is 296 g/mol. The standard InChI is InChI=1S/C13H13FN2O3S/c1-8-7-12(17)9(2)6-11(8)16-20(18,19)13-10(14)4-3-5-15-13/h3-7,16-17H,1-2H3. The van der Waals surface area contributed by atoms with Crippen LogP contribution in [-0.4, -0.2) is 18.5 Å². The Morgan fingerprint density at radius 1 is 1.25 bits per heavy atom. The Kier molecular flexibility index (Phi) is 3.63. The van der Waals surface area contributed by atoms with E-state index in [0.29, 0.717) is 11.1 Å². The van der Waals surface area contributed by atoms with Crippen molar-refractivity contribution in [2.45, 2.75) is 18.9 Å². The third-order valence-corrected chi connectivity index (χ3v) is 4.06. The molecule has 0 spiro atoms. The number of aryl methyl sites for hydroxylation is 2. The van der Waals surface area contributed by atoms with Gasteiger partial charge in [0.15, 0.2) is 5.82 Å². The van der Waals surface area contributed by atoms with Crippen LogP contribution in [0.4, 0.5) is 10.1 Å². The molecule has 0 amide bonds. The highest BCUT2D eigenvalue weighted by atomic mass is 32.2. The van der Waals surface area contributed by atoms with Crippen LogP contribution in [-0.2, 0) is 10.0 Å². The Labute approximate surface area is 116 Å². The fourth-order valence-electron chi connectivity index (χ4n) is 1.67. The molecule has 1 aromatic heterocycles. The number of nitrogens with zero attached hydrogens (tertiary/aromatic N) is 1. The Morgan fingerprint density at radius 2 is 1.95 bits per heavy atom. The minimum Gasteiger partial charge on any atom is -0.508 e. The Balaban J connectivity index is 2.44. The van der Waals surface area contributed by atoms with Gasteiger partial charge >= 0.3 is 0 Å². The summed E-state index contributed by atoms with van der Waals surface area (Å²) in [4.78, 5) is 3.54. The Hall–Kier alpha value is -2.15. The first-order chi connectivity index (χ1) is 9.31. The molecular weight excluding hydrogens is 283 g/mol. The Morgan fingerprint density at radius 3 is 2.60 bits per heavy atom. The van der Waals surface area contributed by atoms with Gasteiger partial charge in [0.25, 0.3) is 10.0 Å². The molecule has 106 valence electrons. The van der Waals surface area contributed by atoms with E-state index in [4.69, 9.17) is 0 Å². The van der Waals surface area contributed by atoms with E-state index in [-0.39, 0.29) is 11.4 Å². The van der Waals surface area contributed by atoms with Crippen LogP contribution < -0.4 is 4.72 Å². The third kappa shape index (κ3) is 2.72. The monoisotopic (exact) mass is 296 g/mol. The fraction of sp³-hybridized carbons (Fsp3) is 0.154. The molecule has 2 rings (SSSR count). The summed E-state index contributed by atoms with van der Waals surface area (Å²) in [6, 6.07) is 5.24. The summed E-state index contributed by atoms with van der Waals surface area (Å²) >= 11 is 0. The largest absolute Gasteiger partial charge is 0.508 e. The average Bonchev–Trinajstić information content (AvgIpc) is 2.36. The lowest BCUT2D eigenvalue weighted by atomic mass is 10.1. The van der Waals surface area contributed by atoms with Crippen LogP contribution in [0.5, 0.6) is 5.75 Å². The maximum Gasteiger partial charge on any atom is 0.282 e. The van der Waals surface area contributed by atoms with Gasteiger partial charge in [0.05, 0.1) is 5.69 Å². The van der Waals surface area contributed by atoms with Gasteiger partial charge in [0.1, 0.15) is 5.75 Å². The SMILES string of the molecule is Cc1cc(NS(=O)(=O)c2ncccc2F)c(C)cc1O. The van der Waals surface area contributed by atoms with Crippen LogP contribution >= 0.6 is 0 Å². The highest BCUT2D eigenvalue weighted by Crippen LogP contribution is 2.27. The topological polar surface area (TPSA) is 79.3 Å². The van der Waals surface area contributed by atoms with Crippen LogP contribution in [0.2, 0.25) is 0 Å². The van der Waals surface area contributed by atoms with Crippen molar-refractivity contribution in [2.24, 2.45) is 0 Å². The lowest BCUT2D eigenvalue weighted by Crippen LogP contribution is -2.16. The second-order valence-electron chi connectivity index (χ2n) is 4.35. The summed E-state index contributed by atoms with van der Waals surface area (Å²) in [5.74, 6) is -0.859. The molecule has 7 heteroatoms. The molecule has 2 N–H and O–H groups in total. The zero-order valence-corrected chi connectivity index (χ0v) is 11.7. The number of nitrogens with one attached hydrogen (secondary N) is 1. The number of aromatic nitrogens is 1. The second-order valence-corrected chi connectivity index (χ2v) is 5.95. The number of hydrogen-bond acceptors (Lipinski definition) is 4. The van der Waals surface area contributed by atoms with Gasteiger partial charge in [0, 0.05) is 6.20 Å². The maximum atomic E-state index is 13.5. The number of phenols is 1. The number of halogens is 1. The van der Waals surface area contributed by atoms with E-state index in [1.54, 1.807) is 13.8 Å². The van der Waals surface area contributed by atoms with Crippen LogP contribution in [0.3, 0.4) is 0 Å². The summed E-state index contributed by atoms with van der Waals surface area (Å²) in [7, 11) is -4.11. The van der Waals surface area contributed by atoms with Gasteiger partial charge in [-0.15, -0.1) is 0 Å². The molecule has 5 nitrogen and oxygen atoms in total. The highest BCUT2D eigenvalue weighted by molar-refractivity contribution is 7.92. The normalized spacial score (nSPS) is 11.3. The lowest BCUT2D eigenvalue weighted by Gasteiger charge is -2.12. The number of pyridine rings is 1. The first-order valence-corrected chi connectivity index (χ1v) is 7.23. The predicted octanol–water partition coefficient (Wildman–Crippen LogP) is 2.34. The molecule has 0 bridgehead atoms. The summed E-state index contributed by atoms with van der Waals surface area (Å²) in [5, 5.41) is 8.87. The van der Waals surface area contributed by atoms with Gasteiger partial charge in [-0.2, -0.15) is 8.42 Å². The molecule has 0 aliphatic heterocycles. The zero-order valence-electron chi connectivity index (χ0n) is 10.9. The van der Waals surface area contributed by atoms with E-state index in [1.165, 1.54) is 24.4 Å². The summed E-state index contributed by atoms with van der Waals surface area (Å²) < 4.78 is 40.0. The molecule has 1 aromatic carbocycles. The molecule has 1 heterocycles. The Bertz CT molecular complexity index is 760. The van der Waals surface area contributed by atoms with E-state index < -0.39 is 20.9 Å². The van der Waals surface area contributed by atoms with Crippen molar-refractivity contribution in [3.8, 4) is 5.75 Å². The molecule has 0 saturated carbocycles. The van der Waals surface area contributed by atoms with E-state index >= 15 is 0 Å². The number of sulfonamides is 1. The third-order valence-electron chi connectivity index (χ3n) is 2.77. The van der Waals surface area contributed by atoms with E-state index in [0.717, 1.165) is 6.07 Å². The second kappa shape index (κ2) is 5.09. The highest BCUT2D eigenvalue weighted by Gasteiger charge is 2.21. The summed E-state index contributed by atoms with van der Waals surface area (Å²) in [5.41, 5.74) is 1.30. The van der Waals surface area contributed by atoms with Crippen molar-refractivity contribution in [3.63, 3.8) is 0 Å². The number of benzene rings is 1. The molecule has 20 heavy (non-hydrogen) atoms. The molecule has 0 atom stereocenters. The fourth-order valence-corrected chi connectivity index (χ4v) is 2.80. The van der Waals surface area contributed by atoms with Crippen LogP contribution in [0.25, 0.3) is 0 Å². The van der Waals surface area contributed by atoms with Gasteiger partial charge in [0.2, 0.25) is 5.03 Å². The van der Waals surface area contributed by atoms with Crippen molar-refractivity contribution in [1.29, 1.82) is 0 Å². The number of rotatable bonds is 3. The lowest BCUT2D eigenvalue weighted by molar-refractivity contribution is 0.471. The van der Waals surface area contributed by atoms with Crippen molar-refractivity contribution in [2.75, 3.05) is 4.72 Å². The quantitative estimate of drug-likeness (QED) is 0.852. The van der Waals surface area contributed by atoms with Gasteiger partial charge in [-0.05, 0) is 49.2 Å². The first kappa shape index (κ1) is 14.3. The summed E-state index contributed by atoms with van der Waals surface area (Å²) in [6.07, 6.45) is 1.20. The van der Waals surface area contributed by atoms with E-state index in [1.807, 2.05) is 0 Å². The van der Waals surface area contributed by atoms with Crippen molar-refractivity contribution >= 4 is 15.7 Å². The smallest absolute Gasteiger partial charge is 0.282 e. The first-order valence-electron chi connectivity index (χ1n) is 5.75. The van der Waals surface area contributed by atoms with Crippen LogP contribution in [0, 0.1) is 19.7 Å². The number of anilines is 1. The molecule has 0 saturated heterocycles. The van der Waals surface area contributed by atoms with Crippen LogP contribution in [0.1, 0.15) is 11.1 Å². The molecular formula is C13H13FN2O3S. The van der Waals surface area contributed by atoms with Gasteiger partial charge in [-0.3, -0.25) is 4.72 Å². The molecule has 2 aromatic rings. The summed E-state index contributed by atoms with van der Waals surface area (Å²) in [6.45, 7) is 3.26. The van der Waals surface area contributed by atoms with E-state index in [2.05, 4.69) is 9.71 Å². The minimum atomic E-state index is -4.11. The maximum absolute atomic E-state index is 13.5. The van der Waals surface area contributed by atoms with Gasteiger partial charge < -0.3 is 5.11 Å². The molecule has 0 unspecified atom stereocenters. The molecule has 0 aliphatic carbocycles. The molecule has 0 radical (unpaired) electrons. The van der Waals surface area contributed by atoms with Gasteiger partial charge in [-0.25, -0.2) is 9.37 Å². The number of aromatic hydroxyl groups is 1. The van der Waals surface area contributed by atoms with E-state index in [9.17, 15) is 17.9 Å². The van der Waals surface area contributed by atoms with Gasteiger partial charge in [-0.1, -0.05) is 0 Å². The van der Waals surface area contributed by atoms with Crippen molar-refractivity contribution < 1.29 is 17.9 Å². The zero-order chi connectivity index (χ0) is 14.9. The van der Waals surface area contributed by atoms with Crippen molar-refractivity contribution in [1.82, 2.24) is 4.98 Å². The molecule has 0 aliphatic rings. The minimum absolute atomic E-state index is 0.0643. The number of phenolic OH excluding ortho intramolecular Hbond substituents is 1. The predicted molar refractivity (Wildman–Crippen MR) is 72.6 cm³/mol. The van der Waals surface area contributed by atoms with Crippen molar-refractivity contribution in [3.05, 3.63) is 47.4 Å².